The fourth-order valence-electron chi connectivity index (χ4n) is 4.32. The fraction of sp³-hybridized carbons (Fsp3) is 0.423. The van der Waals surface area contributed by atoms with E-state index >= 15 is 0 Å². The van der Waals surface area contributed by atoms with Gasteiger partial charge in [0.15, 0.2) is 0 Å². The summed E-state index contributed by atoms with van der Waals surface area (Å²) in [6.45, 7) is 10.2. The van der Waals surface area contributed by atoms with Crippen molar-refractivity contribution in [3.05, 3.63) is 78.1 Å². The van der Waals surface area contributed by atoms with Gasteiger partial charge in [-0.25, -0.2) is 4.68 Å². The van der Waals surface area contributed by atoms with Crippen LogP contribution in [0.3, 0.4) is 0 Å². The van der Waals surface area contributed by atoms with Gasteiger partial charge in [-0.3, -0.25) is 4.90 Å². The molecule has 0 atom stereocenters. The molecule has 1 fully saturated rings. The van der Waals surface area contributed by atoms with E-state index in [1.54, 1.807) is 0 Å². The number of benzene rings is 2. The van der Waals surface area contributed by atoms with Gasteiger partial charge in [-0.05, 0) is 62.1 Å². The molecule has 2 aromatic carbocycles. The number of hydrogen-bond donors (Lipinski definition) is 0. The van der Waals surface area contributed by atoms with E-state index in [1.807, 2.05) is 0 Å². The highest BCUT2D eigenvalue weighted by Crippen LogP contribution is 2.18. The summed E-state index contributed by atoms with van der Waals surface area (Å²) in [5, 5.41) is 4.93. The topological polar surface area (TPSA) is 24.3 Å². The number of aromatic nitrogens is 2. The Morgan fingerprint density at radius 3 is 2.10 bits per heavy atom. The quantitative estimate of drug-likeness (QED) is 0.540. The van der Waals surface area contributed by atoms with Crippen molar-refractivity contribution in [3.63, 3.8) is 0 Å². The minimum atomic E-state index is 0.623. The molecule has 0 radical (unpaired) electrons. The van der Waals surface area contributed by atoms with Crippen LogP contribution < -0.4 is 4.90 Å². The highest BCUT2D eigenvalue weighted by molar-refractivity contribution is 5.46. The van der Waals surface area contributed by atoms with Gasteiger partial charge in [0, 0.05) is 37.6 Å². The first-order chi connectivity index (χ1) is 14.7. The van der Waals surface area contributed by atoms with Crippen LogP contribution in [0.1, 0.15) is 31.7 Å². The van der Waals surface area contributed by atoms with E-state index in [1.165, 1.54) is 29.2 Å². The molecule has 30 heavy (non-hydrogen) atoms. The van der Waals surface area contributed by atoms with Gasteiger partial charge >= 0.3 is 0 Å². The van der Waals surface area contributed by atoms with E-state index in [9.17, 15) is 0 Å². The summed E-state index contributed by atoms with van der Waals surface area (Å²) < 4.78 is 2.16. The first-order valence-electron chi connectivity index (χ1n) is 11.3. The van der Waals surface area contributed by atoms with Crippen molar-refractivity contribution in [2.24, 2.45) is 5.92 Å². The fourth-order valence-corrected chi connectivity index (χ4v) is 4.32. The molecule has 1 aliphatic heterocycles. The molecule has 0 N–H and O–H groups in total. The Morgan fingerprint density at radius 2 is 1.47 bits per heavy atom. The number of para-hydroxylation sites is 2. The van der Waals surface area contributed by atoms with Gasteiger partial charge in [-0.1, -0.05) is 50.2 Å². The lowest BCUT2D eigenvalue weighted by Gasteiger charge is -2.36. The monoisotopic (exact) mass is 402 g/mol. The molecule has 158 valence electrons. The highest BCUT2D eigenvalue weighted by atomic mass is 15.3. The van der Waals surface area contributed by atoms with Gasteiger partial charge in [0.25, 0.3) is 0 Å². The van der Waals surface area contributed by atoms with Crippen LogP contribution in [-0.4, -0.2) is 47.4 Å². The number of nitrogens with zero attached hydrogens (tertiary/aromatic N) is 4. The lowest BCUT2D eigenvalue weighted by Crippen LogP contribution is -2.46. The maximum Gasteiger partial charge on any atom is 0.0648 e. The minimum absolute atomic E-state index is 0.623. The van der Waals surface area contributed by atoms with E-state index in [2.05, 4.69) is 95.1 Å². The first kappa shape index (κ1) is 20.7. The Morgan fingerprint density at radius 1 is 0.833 bits per heavy atom. The van der Waals surface area contributed by atoms with Crippen molar-refractivity contribution >= 4 is 5.69 Å². The largest absolute Gasteiger partial charge is 0.369 e. The maximum atomic E-state index is 4.93. The molecule has 4 nitrogen and oxygen atoms in total. The normalized spacial score (nSPS) is 15.1. The van der Waals surface area contributed by atoms with Crippen LogP contribution in [0.4, 0.5) is 5.69 Å². The van der Waals surface area contributed by atoms with E-state index in [0.29, 0.717) is 5.92 Å². The van der Waals surface area contributed by atoms with Crippen LogP contribution in [0.2, 0.25) is 0 Å². The van der Waals surface area contributed by atoms with Crippen molar-refractivity contribution in [1.82, 2.24) is 14.7 Å². The summed E-state index contributed by atoms with van der Waals surface area (Å²) >= 11 is 0. The first-order valence-corrected chi connectivity index (χ1v) is 11.3. The van der Waals surface area contributed by atoms with Gasteiger partial charge in [-0.15, -0.1) is 0 Å². The zero-order valence-electron chi connectivity index (χ0n) is 18.4. The Hall–Kier alpha value is -2.59. The van der Waals surface area contributed by atoms with Crippen LogP contribution in [0, 0.1) is 5.92 Å². The molecule has 1 aromatic heterocycles. The summed E-state index contributed by atoms with van der Waals surface area (Å²) in [7, 11) is 0. The summed E-state index contributed by atoms with van der Waals surface area (Å²) in [6, 6.07) is 23.7. The molecule has 1 saturated heterocycles. The van der Waals surface area contributed by atoms with Gasteiger partial charge in [0.05, 0.1) is 11.4 Å². The molecular formula is C26H34N4. The van der Waals surface area contributed by atoms with Crippen LogP contribution in [0.25, 0.3) is 5.69 Å². The third-order valence-corrected chi connectivity index (χ3v) is 5.85. The summed E-state index contributed by atoms with van der Waals surface area (Å²) in [5.41, 5.74) is 5.06. The highest BCUT2D eigenvalue weighted by Gasteiger charge is 2.17. The number of anilines is 1. The Kier molecular flexibility index (Phi) is 6.85. The smallest absolute Gasteiger partial charge is 0.0648 e. The second kappa shape index (κ2) is 9.94. The van der Waals surface area contributed by atoms with E-state index in [4.69, 9.17) is 5.10 Å². The Balaban J connectivity index is 1.33. The zero-order chi connectivity index (χ0) is 20.8. The molecule has 0 bridgehead atoms. The Bertz CT molecular complexity index is 893. The zero-order valence-corrected chi connectivity index (χ0v) is 18.4. The van der Waals surface area contributed by atoms with E-state index in [-0.39, 0.29) is 0 Å². The van der Waals surface area contributed by atoms with Crippen LogP contribution >= 0.6 is 0 Å². The molecule has 0 saturated carbocycles. The molecule has 4 rings (SSSR count). The molecule has 4 heteroatoms. The molecule has 0 spiro atoms. The van der Waals surface area contributed by atoms with Crippen molar-refractivity contribution in [2.45, 2.75) is 33.1 Å². The third kappa shape index (κ3) is 5.31. The van der Waals surface area contributed by atoms with Gasteiger partial charge in [-0.2, -0.15) is 5.10 Å². The summed E-state index contributed by atoms with van der Waals surface area (Å²) in [4.78, 5) is 5.11. The lowest BCUT2D eigenvalue weighted by atomic mass is 10.1. The van der Waals surface area contributed by atoms with Crippen molar-refractivity contribution < 1.29 is 0 Å². The second-order valence-electron chi connectivity index (χ2n) is 8.74. The molecule has 1 aliphatic rings. The van der Waals surface area contributed by atoms with Crippen molar-refractivity contribution in [2.75, 3.05) is 37.6 Å². The standard InChI is InChI=1S/C26H34N4/c1-22(2)20-23-21-26(30(27-23)25-12-7-4-8-13-25)14-9-15-28-16-18-29(19-17-28)24-10-5-3-6-11-24/h3-8,10-13,21-22H,9,14-20H2,1-2H3. The molecule has 3 aromatic rings. The van der Waals surface area contributed by atoms with Crippen molar-refractivity contribution in [1.29, 1.82) is 0 Å². The minimum Gasteiger partial charge on any atom is -0.369 e. The Labute approximate surface area is 181 Å². The SMILES string of the molecule is CC(C)Cc1cc(CCCN2CCN(c3ccccc3)CC2)n(-c2ccccc2)n1. The van der Waals surface area contributed by atoms with Gasteiger partial charge in [0.1, 0.15) is 0 Å². The van der Waals surface area contributed by atoms with Crippen molar-refractivity contribution in [3.8, 4) is 5.69 Å². The van der Waals surface area contributed by atoms with Crippen LogP contribution in [0.5, 0.6) is 0 Å². The van der Waals surface area contributed by atoms with Crippen LogP contribution in [0.15, 0.2) is 66.7 Å². The van der Waals surface area contributed by atoms with E-state index < -0.39 is 0 Å². The van der Waals surface area contributed by atoms with Gasteiger partial charge < -0.3 is 4.90 Å². The number of hydrogen-bond acceptors (Lipinski definition) is 3. The average Bonchev–Trinajstić information content (AvgIpc) is 3.17. The predicted molar refractivity (Wildman–Crippen MR) is 126 cm³/mol. The average molecular weight is 403 g/mol. The molecule has 2 heterocycles. The molecule has 0 unspecified atom stereocenters. The second-order valence-corrected chi connectivity index (χ2v) is 8.74. The lowest BCUT2D eigenvalue weighted by molar-refractivity contribution is 0.254. The van der Waals surface area contributed by atoms with E-state index in [0.717, 1.165) is 45.6 Å². The number of rotatable bonds is 8. The molecular weight excluding hydrogens is 368 g/mol. The summed E-state index contributed by atoms with van der Waals surface area (Å²) in [6.07, 6.45) is 3.28. The molecule has 0 amide bonds. The van der Waals surface area contributed by atoms with Gasteiger partial charge in [0.2, 0.25) is 0 Å². The van der Waals surface area contributed by atoms with Crippen LogP contribution in [-0.2, 0) is 12.8 Å². The number of piperazine rings is 1. The maximum absolute atomic E-state index is 4.93. The predicted octanol–water partition coefficient (Wildman–Crippen LogP) is 4.83. The number of aryl methyl sites for hydroxylation is 1. The third-order valence-electron chi connectivity index (χ3n) is 5.85. The molecule has 0 aliphatic carbocycles. The summed E-state index contributed by atoms with van der Waals surface area (Å²) in [5.74, 6) is 0.623.